The Labute approximate surface area is 170 Å². The number of aromatic amines is 1. The molecule has 6 heteroatoms. The second-order valence-electron chi connectivity index (χ2n) is 6.89. The summed E-state index contributed by atoms with van der Waals surface area (Å²) < 4.78 is 6.87. The van der Waals surface area contributed by atoms with Crippen LogP contribution in [0.25, 0.3) is 0 Å². The molecule has 29 heavy (non-hydrogen) atoms. The molecule has 152 valence electrons. The average Bonchev–Trinajstić information content (AvgIpc) is 2.75. The molecule has 0 amide bonds. The van der Waals surface area contributed by atoms with Gasteiger partial charge in [0.1, 0.15) is 6.73 Å². The first-order valence-electron chi connectivity index (χ1n) is 9.95. The lowest BCUT2D eigenvalue weighted by molar-refractivity contribution is 0.0707. The summed E-state index contributed by atoms with van der Waals surface area (Å²) in [5.74, 6) is 0. The maximum atomic E-state index is 11.6. The van der Waals surface area contributed by atoms with Crippen LogP contribution in [0, 0.1) is 0 Å². The molecule has 0 aliphatic carbocycles. The zero-order chi connectivity index (χ0) is 20.3. The smallest absolute Gasteiger partial charge is 0.330 e. The van der Waals surface area contributed by atoms with Crippen molar-refractivity contribution in [3.63, 3.8) is 0 Å². The third-order valence-corrected chi connectivity index (χ3v) is 4.71. The number of hydrogen-bond acceptors (Lipinski definition) is 4. The van der Waals surface area contributed by atoms with Crippen LogP contribution in [-0.4, -0.2) is 22.7 Å². The summed E-state index contributed by atoms with van der Waals surface area (Å²) in [4.78, 5) is 24.8. The quantitative estimate of drug-likeness (QED) is 0.491. The van der Waals surface area contributed by atoms with Crippen LogP contribution in [0.5, 0.6) is 0 Å². The minimum absolute atomic E-state index is 0.151. The van der Waals surface area contributed by atoms with E-state index in [-0.39, 0.29) is 12.8 Å². The van der Waals surface area contributed by atoms with Gasteiger partial charge in [-0.1, -0.05) is 60.7 Å². The van der Waals surface area contributed by atoms with Crippen molar-refractivity contribution in [3.05, 3.63) is 105 Å². The lowest BCUT2D eigenvalue weighted by Crippen LogP contribution is -2.29. The Kier molecular flexibility index (Phi) is 7.98. The molecule has 0 aliphatic heterocycles. The molecule has 1 heterocycles. The maximum Gasteiger partial charge on any atom is 0.330 e. The molecule has 0 unspecified atom stereocenters. The fourth-order valence-electron chi connectivity index (χ4n) is 3.18. The second-order valence-corrected chi connectivity index (χ2v) is 6.89. The van der Waals surface area contributed by atoms with E-state index in [0.717, 1.165) is 25.8 Å². The van der Waals surface area contributed by atoms with E-state index in [1.807, 2.05) is 12.1 Å². The molecule has 0 bridgehead atoms. The molecule has 0 radical (unpaired) electrons. The van der Waals surface area contributed by atoms with E-state index in [0.29, 0.717) is 6.61 Å². The molecular weight excluding hydrogens is 366 g/mol. The highest BCUT2D eigenvalue weighted by molar-refractivity contribution is 5.31. The van der Waals surface area contributed by atoms with E-state index in [1.54, 1.807) is 0 Å². The van der Waals surface area contributed by atoms with Gasteiger partial charge in [-0.3, -0.25) is 14.3 Å². The Morgan fingerprint density at radius 3 is 2.14 bits per heavy atom. The van der Waals surface area contributed by atoms with E-state index in [4.69, 9.17) is 4.74 Å². The number of ether oxygens (including phenoxy) is 1. The van der Waals surface area contributed by atoms with Crippen LogP contribution in [0.15, 0.2) is 82.5 Å². The van der Waals surface area contributed by atoms with E-state index >= 15 is 0 Å². The van der Waals surface area contributed by atoms with Gasteiger partial charge in [-0.05, 0) is 36.9 Å². The van der Waals surface area contributed by atoms with Crippen LogP contribution in [0.3, 0.4) is 0 Å². The van der Waals surface area contributed by atoms with Gasteiger partial charge in [-0.15, -0.1) is 0 Å². The number of nitrogens with one attached hydrogen (secondary N) is 2. The van der Waals surface area contributed by atoms with Gasteiger partial charge in [-0.2, -0.15) is 0 Å². The number of hydrogen-bond donors (Lipinski definition) is 2. The van der Waals surface area contributed by atoms with Crippen molar-refractivity contribution in [3.8, 4) is 0 Å². The van der Waals surface area contributed by atoms with Crippen LogP contribution in [0.2, 0.25) is 0 Å². The first-order chi connectivity index (χ1) is 14.2. The Hall–Kier alpha value is -2.96. The number of H-pyrrole nitrogens is 1. The predicted molar refractivity (Wildman–Crippen MR) is 114 cm³/mol. The molecule has 3 rings (SSSR count). The van der Waals surface area contributed by atoms with Gasteiger partial charge in [0.05, 0.1) is 6.04 Å². The molecule has 0 aliphatic rings. The Morgan fingerprint density at radius 2 is 1.52 bits per heavy atom. The summed E-state index contributed by atoms with van der Waals surface area (Å²) in [5, 5.41) is 3.66. The topological polar surface area (TPSA) is 76.1 Å². The van der Waals surface area contributed by atoms with Crippen molar-refractivity contribution < 1.29 is 4.74 Å². The highest BCUT2D eigenvalue weighted by atomic mass is 16.5. The van der Waals surface area contributed by atoms with Crippen LogP contribution in [0.1, 0.15) is 36.4 Å². The number of nitrogens with zero attached hydrogens (tertiary/aromatic N) is 1. The zero-order valence-corrected chi connectivity index (χ0v) is 16.4. The summed E-state index contributed by atoms with van der Waals surface area (Å²) in [7, 11) is 0. The molecule has 0 saturated heterocycles. The Morgan fingerprint density at radius 1 is 0.862 bits per heavy atom. The monoisotopic (exact) mass is 393 g/mol. The summed E-state index contributed by atoms with van der Waals surface area (Å²) >= 11 is 0. The van der Waals surface area contributed by atoms with Crippen LogP contribution in [0.4, 0.5) is 0 Å². The van der Waals surface area contributed by atoms with Crippen molar-refractivity contribution in [2.75, 3.05) is 13.2 Å². The van der Waals surface area contributed by atoms with E-state index < -0.39 is 11.2 Å². The zero-order valence-electron chi connectivity index (χ0n) is 16.4. The lowest BCUT2D eigenvalue weighted by Gasteiger charge is -2.20. The van der Waals surface area contributed by atoms with Gasteiger partial charge >= 0.3 is 5.69 Å². The van der Waals surface area contributed by atoms with Crippen LogP contribution in [-0.2, 0) is 11.5 Å². The van der Waals surface area contributed by atoms with Gasteiger partial charge in [-0.25, -0.2) is 4.79 Å². The van der Waals surface area contributed by atoms with Crippen LogP contribution >= 0.6 is 0 Å². The number of unbranched alkanes of at least 4 members (excludes halogenated alkanes) is 2. The molecule has 0 spiro atoms. The highest BCUT2D eigenvalue weighted by Crippen LogP contribution is 2.21. The van der Waals surface area contributed by atoms with Gasteiger partial charge < -0.3 is 10.1 Å². The standard InChI is InChI=1S/C23H27N3O3/c27-21-14-16-26(23(28)25-21)18-29-17-9-3-8-15-24-22(19-10-4-1-5-11-19)20-12-6-2-7-13-20/h1-2,4-7,10-14,16,22,24H,3,8-9,15,17-18H2,(H,25,27,28). The van der Waals surface area contributed by atoms with Gasteiger partial charge in [0.2, 0.25) is 0 Å². The second kappa shape index (κ2) is 11.1. The SMILES string of the molecule is O=c1ccn(COCCCCCNC(c2ccccc2)c2ccccc2)c(=O)[nH]1. The van der Waals surface area contributed by atoms with Crippen molar-refractivity contribution in [2.45, 2.75) is 32.0 Å². The van der Waals surface area contributed by atoms with Gasteiger partial charge in [0.15, 0.2) is 0 Å². The Bertz CT molecular complexity index is 928. The van der Waals surface area contributed by atoms with E-state index in [1.165, 1.54) is 28.0 Å². The molecule has 0 fully saturated rings. The molecular formula is C23H27N3O3. The molecule has 3 aromatic rings. The first-order valence-corrected chi connectivity index (χ1v) is 9.95. The molecule has 1 aromatic heterocycles. The predicted octanol–water partition coefficient (Wildman–Crippen LogP) is 3.06. The van der Waals surface area contributed by atoms with Crippen molar-refractivity contribution in [1.82, 2.24) is 14.9 Å². The molecule has 2 aromatic carbocycles. The summed E-state index contributed by atoms with van der Waals surface area (Å²) in [6, 6.07) is 22.4. The third-order valence-electron chi connectivity index (χ3n) is 4.71. The van der Waals surface area contributed by atoms with E-state index in [9.17, 15) is 9.59 Å². The van der Waals surface area contributed by atoms with Crippen LogP contribution < -0.4 is 16.6 Å². The minimum Gasteiger partial charge on any atom is -0.361 e. The molecule has 0 saturated carbocycles. The number of benzene rings is 2. The lowest BCUT2D eigenvalue weighted by atomic mass is 9.98. The molecule has 0 atom stereocenters. The number of rotatable bonds is 11. The van der Waals surface area contributed by atoms with Crippen molar-refractivity contribution in [1.29, 1.82) is 0 Å². The maximum absolute atomic E-state index is 11.6. The first kappa shape index (κ1) is 20.8. The normalized spacial score (nSPS) is 11.1. The fraction of sp³-hybridized carbons (Fsp3) is 0.304. The summed E-state index contributed by atoms with van der Waals surface area (Å²) in [6.45, 7) is 1.64. The van der Waals surface area contributed by atoms with Gasteiger partial charge in [0.25, 0.3) is 5.56 Å². The summed E-state index contributed by atoms with van der Waals surface area (Å²) in [6.07, 6.45) is 4.43. The average molecular weight is 393 g/mol. The minimum atomic E-state index is -0.449. The van der Waals surface area contributed by atoms with E-state index in [2.05, 4.69) is 58.8 Å². The number of aromatic nitrogens is 2. The largest absolute Gasteiger partial charge is 0.361 e. The van der Waals surface area contributed by atoms with Crippen molar-refractivity contribution >= 4 is 0 Å². The Balaban J connectivity index is 1.38. The van der Waals surface area contributed by atoms with Gasteiger partial charge in [0, 0.05) is 18.9 Å². The third kappa shape index (κ3) is 6.55. The van der Waals surface area contributed by atoms with Crippen molar-refractivity contribution in [2.24, 2.45) is 0 Å². The molecule has 2 N–H and O–H groups in total. The highest BCUT2D eigenvalue weighted by Gasteiger charge is 2.12. The fourth-order valence-corrected chi connectivity index (χ4v) is 3.18. The summed E-state index contributed by atoms with van der Waals surface area (Å²) in [5.41, 5.74) is 1.67. The molecule has 6 nitrogen and oxygen atoms in total.